The molecular weight excluding hydrogens is 176 g/mol. The van der Waals surface area contributed by atoms with Gasteiger partial charge in [0.2, 0.25) is 0 Å². The Morgan fingerprint density at radius 2 is 2.00 bits per heavy atom. The monoisotopic (exact) mass is 198 g/mol. The van der Waals surface area contributed by atoms with Gasteiger partial charge in [0.1, 0.15) is 0 Å². The van der Waals surface area contributed by atoms with Crippen molar-refractivity contribution in [1.29, 1.82) is 0 Å². The van der Waals surface area contributed by atoms with Crippen molar-refractivity contribution in [2.45, 2.75) is 13.8 Å². The molecule has 0 aromatic rings. The molecule has 4 nitrogen and oxygen atoms in total. The number of allylic oxidation sites excluding steroid dienone is 3. The summed E-state index contributed by atoms with van der Waals surface area (Å²) in [6, 6.07) is 0. The minimum Gasteiger partial charge on any atom is -0.402 e. The molecule has 0 heterocycles. The van der Waals surface area contributed by atoms with Gasteiger partial charge in [0.15, 0.2) is 0 Å². The van der Waals surface area contributed by atoms with Crippen LogP contribution in [0.5, 0.6) is 0 Å². The van der Waals surface area contributed by atoms with E-state index in [-0.39, 0.29) is 0 Å². The van der Waals surface area contributed by atoms with E-state index < -0.39 is 0 Å². The van der Waals surface area contributed by atoms with Gasteiger partial charge in [-0.3, -0.25) is 0 Å². The molecule has 5 N–H and O–H groups in total. The molecule has 0 fully saturated rings. The highest BCUT2D eigenvalue weighted by Crippen LogP contribution is 1.97. The van der Waals surface area contributed by atoms with E-state index in [1.54, 1.807) is 0 Å². The summed E-state index contributed by atoms with van der Waals surface area (Å²) in [5.41, 5.74) is 12.2. The highest BCUT2D eigenvalue weighted by Gasteiger charge is 2.00. The Balaban J connectivity index is 4.22. The van der Waals surface area contributed by atoms with Gasteiger partial charge in [-0.15, -0.1) is 0 Å². The SMILES string of the molecule is CCN(CCNC)/C(N)=C/C=C(/C)N. The van der Waals surface area contributed by atoms with Gasteiger partial charge in [0.05, 0.1) is 5.82 Å². The van der Waals surface area contributed by atoms with E-state index in [0.29, 0.717) is 0 Å². The Hall–Kier alpha value is -1.16. The summed E-state index contributed by atoms with van der Waals surface area (Å²) in [5.74, 6) is 0.757. The van der Waals surface area contributed by atoms with Gasteiger partial charge >= 0.3 is 0 Å². The molecule has 0 amide bonds. The first-order chi connectivity index (χ1) is 6.61. The van der Waals surface area contributed by atoms with Crippen molar-refractivity contribution in [2.24, 2.45) is 11.5 Å². The minimum atomic E-state index is 0.757. The molecule has 0 unspecified atom stereocenters. The molecule has 0 rings (SSSR count). The fourth-order valence-corrected chi connectivity index (χ4v) is 1.04. The van der Waals surface area contributed by atoms with Crippen molar-refractivity contribution in [1.82, 2.24) is 10.2 Å². The lowest BCUT2D eigenvalue weighted by Gasteiger charge is -2.22. The molecule has 0 saturated heterocycles. The molecule has 82 valence electrons. The molecular formula is C10H22N4. The zero-order chi connectivity index (χ0) is 11.0. The average molecular weight is 198 g/mol. The van der Waals surface area contributed by atoms with Crippen LogP contribution in [-0.2, 0) is 0 Å². The molecule has 0 saturated carbocycles. The molecule has 0 aliphatic carbocycles. The molecule has 0 atom stereocenters. The lowest BCUT2D eigenvalue weighted by atomic mass is 10.4. The highest BCUT2D eigenvalue weighted by molar-refractivity contribution is 5.12. The topological polar surface area (TPSA) is 67.3 Å². The number of hydrogen-bond donors (Lipinski definition) is 3. The first kappa shape index (κ1) is 12.8. The summed E-state index contributed by atoms with van der Waals surface area (Å²) in [4.78, 5) is 2.09. The summed E-state index contributed by atoms with van der Waals surface area (Å²) >= 11 is 0. The van der Waals surface area contributed by atoms with Crippen LogP contribution in [0, 0.1) is 0 Å². The van der Waals surface area contributed by atoms with Gasteiger partial charge in [-0.25, -0.2) is 0 Å². The fraction of sp³-hybridized carbons (Fsp3) is 0.600. The smallest absolute Gasteiger partial charge is 0.0987 e. The zero-order valence-electron chi connectivity index (χ0n) is 9.38. The normalized spacial score (nSPS) is 13.1. The predicted octanol–water partition coefficient (Wildman–Crippen LogP) is 0.190. The summed E-state index contributed by atoms with van der Waals surface area (Å²) in [6.07, 6.45) is 3.66. The second-order valence-electron chi connectivity index (χ2n) is 3.19. The Kier molecular flexibility index (Phi) is 6.66. The Labute approximate surface area is 86.6 Å². The highest BCUT2D eigenvalue weighted by atomic mass is 15.2. The quantitative estimate of drug-likeness (QED) is 0.533. The number of likely N-dealkylation sites (N-methyl/N-ethyl adjacent to an activating group) is 2. The third kappa shape index (κ3) is 5.48. The van der Waals surface area contributed by atoms with Gasteiger partial charge in [0.25, 0.3) is 0 Å². The maximum Gasteiger partial charge on any atom is 0.0987 e. The van der Waals surface area contributed by atoms with Crippen LogP contribution < -0.4 is 16.8 Å². The second-order valence-corrected chi connectivity index (χ2v) is 3.19. The predicted molar refractivity (Wildman–Crippen MR) is 61.4 cm³/mol. The number of nitrogens with one attached hydrogen (secondary N) is 1. The molecule has 0 bridgehead atoms. The third-order valence-corrected chi connectivity index (χ3v) is 1.90. The van der Waals surface area contributed by atoms with E-state index in [1.165, 1.54) is 0 Å². The molecule has 0 radical (unpaired) electrons. The zero-order valence-corrected chi connectivity index (χ0v) is 9.38. The number of rotatable bonds is 6. The lowest BCUT2D eigenvalue weighted by molar-refractivity contribution is 0.359. The van der Waals surface area contributed by atoms with Crippen LogP contribution in [0.25, 0.3) is 0 Å². The third-order valence-electron chi connectivity index (χ3n) is 1.90. The van der Waals surface area contributed by atoms with Crippen molar-refractivity contribution >= 4 is 0 Å². The number of nitrogens with two attached hydrogens (primary N) is 2. The summed E-state index contributed by atoms with van der Waals surface area (Å²) in [7, 11) is 1.93. The summed E-state index contributed by atoms with van der Waals surface area (Å²) < 4.78 is 0. The molecule has 0 spiro atoms. The van der Waals surface area contributed by atoms with Crippen molar-refractivity contribution in [3.8, 4) is 0 Å². The van der Waals surface area contributed by atoms with Crippen LogP contribution in [-0.4, -0.2) is 31.6 Å². The summed E-state index contributed by atoms with van der Waals surface area (Å²) in [6.45, 7) is 6.66. The maximum atomic E-state index is 5.88. The van der Waals surface area contributed by atoms with E-state index in [1.807, 2.05) is 26.1 Å². The van der Waals surface area contributed by atoms with Crippen molar-refractivity contribution in [3.05, 3.63) is 23.7 Å². The average Bonchev–Trinajstić information content (AvgIpc) is 2.16. The Bertz CT molecular complexity index is 204. The van der Waals surface area contributed by atoms with Gasteiger partial charge in [-0.2, -0.15) is 0 Å². The van der Waals surface area contributed by atoms with Crippen LogP contribution in [0.2, 0.25) is 0 Å². The van der Waals surface area contributed by atoms with E-state index in [2.05, 4.69) is 17.1 Å². The number of nitrogens with zero attached hydrogens (tertiary/aromatic N) is 1. The van der Waals surface area contributed by atoms with E-state index in [4.69, 9.17) is 11.5 Å². The Morgan fingerprint density at radius 3 is 2.43 bits per heavy atom. The van der Waals surface area contributed by atoms with Crippen molar-refractivity contribution in [2.75, 3.05) is 26.7 Å². The van der Waals surface area contributed by atoms with Crippen molar-refractivity contribution in [3.63, 3.8) is 0 Å². The maximum absolute atomic E-state index is 5.88. The molecule has 14 heavy (non-hydrogen) atoms. The largest absolute Gasteiger partial charge is 0.402 e. The van der Waals surface area contributed by atoms with Crippen LogP contribution in [0.15, 0.2) is 23.7 Å². The van der Waals surface area contributed by atoms with Crippen molar-refractivity contribution < 1.29 is 0 Å². The molecule has 0 aromatic carbocycles. The van der Waals surface area contributed by atoms with Crippen LogP contribution in [0.4, 0.5) is 0 Å². The first-order valence-corrected chi connectivity index (χ1v) is 4.90. The van der Waals surface area contributed by atoms with E-state index >= 15 is 0 Å². The van der Waals surface area contributed by atoms with Crippen LogP contribution >= 0.6 is 0 Å². The Morgan fingerprint density at radius 1 is 1.36 bits per heavy atom. The first-order valence-electron chi connectivity index (χ1n) is 4.90. The van der Waals surface area contributed by atoms with Gasteiger partial charge in [-0.1, -0.05) is 0 Å². The standard InChI is InChI=1S/C10H22N4/c1-4-14(8-7-13-3)10(12)6-5-9(2)11/h5-6,13H,4,7-8,11-12H2,1-3H3/b9-5-,10-6+. The minimum absolute atomic E-state index is 0.757. The van der Waals surface area contributed by atoms with E-state index in [9.17, 15) is 0 Å². The van der Waals surface area contributed by atoms with E-state index in [0.717, 1.165) is 31.2 Å². The molecule has 4 heteroatoms. The van der Waals surface area contributed by atoms with Crippen LogP contribution in [0.1, 0.15) is 13.8 Å². The second kappa shape index (κ2) is 7.26. The molecule has 0 aliphatic rings. The van der Waals surface area contributed by atoms with Gasteiger partial charge in [-0.05, 0) is 33.0 Å². The summed E-state index contributed by atoms with van der Waals surface area (Å²) in [5, 5.41) is 3.09. The lowest BCUT2D eigenvalue weighted by Crippen LogP contribution is -2.33. The van der Waals surface area contributed by atoms with Crippen LogP contribution in [0.3, 0.4) is 0 Å². The fourth-order valence-electron chi connectivity index (χ4n) is 1.04. The van der Waals surface area contributed by atoms with Gasteiger partial charge < -0.3 is 21.7 Å². The van der Waals surface area contributed by atoms with Gasteiger partial charge in [0, 0.05) is 25.3 Å². The number of hydrogen-bond acceptors (Lipinski definition) is 4. The molecule has 0 aromatic heterocycles. The molecule has 0 aliphatic heterocycles.